The van der Waals surface area contributed by atoms with Crippen LogP contribution in [-0.2, 0) is 28.8 Å². The Balaban J connectivity index is 5.48. The number of hydrogen-bond donors (Lipinski definition) is 9. The number of aliphatic carboxylic acids is 3. The summed E-state index contributed by atoms with van der Waals surface area (Å²) in [5, 5.41) is 34.2. The highest BCUT2D eigenvalue weighted by Gasteiger charge is 2.31. The zero-order valence-corrected chi connectivity index (χ0v) is 20.1. The lowest BCUT2D eigenvalue weighted by atomic mass is 10.0. The number of carboxylic acid groups (broad SMARTS) is 3. The Morgan fingerprint density at radius 2 is 1.08 bits per heavy atom. The van der Waals surface area contributed by atoms with E-state index in [1.54, 1.807) is 0 Å². The zero-order chi connectivity index (χ0) is 27.7. The van der Waals surface area contributed by atoms with Crippen LogP contribution < -0.4 is 33.2 Å². The molecule has 4 atom stereocenters. The van der Waals surface area contributed by atoms with Crippen molar-refractivity contribution < 1.29 is 44.1 Å². The monoisotopic (exact) mass is 518 g/mol. The molecule has 0 bridgehead atoms. The summed E-state index contributed by atoms with van der Waals surface area (Å²) in [4.78, 5) is 71.4. The minimum atomic E-state index is -1.62. The van der Waals surface area contributed by atoms with Gasteiger partial charge < -0.3 is 48.5 Å². The summed E-state index contributed by atoms with van der Waals surface area (Å²) >= 11 is 0. The lowest BCUT2D eigenvalue weighted by Gasteiger charge is -2.24. The first kappa shape index (κ1) is 32.7. The van der Waals surface area contributed by atoms with Crippen molar-refractivity contribution in [2.24, 2.45) is 17.2 Å². The van der Waals surface area contributed by atoms with E-state index in [0.717, 1.165) is 0 Å². The summed E-state index contributed by atoms with van der Waals surface area (Å²) < 4.78 is 0. The van der Waals surface area contributed by atoms with Crippen LogP contribution in [0.4, 0.5) is 0 Å². The van der Waals surface area contributed by atoms with Gasteiger partial charge in [0.05, 0.1) is 12.5 Å². The molecule has 3 amide bonds. The molecule has 0 saturated carbocycles. The number of carbonyl (C=O) groups is 6. The molecule has 0 aliphatic carbocycles. The Labute approximate surface area is 208 Å². The standard InChI is InChI=1S/C21H38N6O9/c22-9-3-1-5-13(19(33)26-14(21(35)36)6-2-4-10-23)25-20(34)15(11-17(30)31)27-18(32)12(24)7-8-16(28)29/h12-15H,1-11,22-24H2,(H,25,34)(H,26,33)(H,27,32)(H,28,29)(H,30,31)(H,35,36). The minimum absolute atomic E-state index is 0.0791. The van der Waals surface area contributed by atoms with Gasteiger partial charge >= 0.3 is 17.9 Å². The maximum absolute atomic E-state index is 12.8. The fraction of sp³-hybridized carbons (Fsp3) is 0.714. The van der Waals surface area contributed by atoms with Crippen molar-refractivity contribution >= 4 is 35.6 Å². The Kier molecular flexibility index (Phi) is 16.4. The second-order valence-electron chi connectivity index (χ2n) is 8.23. The predicted octanol–water partition coefficient (Wildman–Crippen LogP) is -2.55. The van der Waals surface area contributed by atoms with Crippen LogP contribution in [0.1, 0.15) is 57.8 Å². The summed E-state index contributed by atoms with van der Waals surface area (Å²) in [6, 6.07) is -5.37. The van der Waals surface area contributed by atoms with Crippen molar-refractivity contribution in [2.75, 3.05) is 13.1 Å². The van der Waals surface area contributed by atoms with E-state index in [2.05, 4.69) is 16.0 Å². The SMILES string of the molecule is NCCCCC(NC(=O)C(CCCCN)NC(=O)C(CC(=O)O)NC(=O)C(N)CCC(=O)O)C(=O)O. The van der Waals surface area contributed by atoms with Crippen molar-refractivity contribution in [3.8, 4) is 0 Å². The second-order valence-corrected chi connectivity index (χ2v) is 8.23. The largest absolute Gasteiger partial charge is 0.481 e. The van der Waals surface area contributed by atoms with E-state index < -0.39 is 72.6 Å². The highest BCUT2D eigenvalue weighted by Crippen LogP contribution is 2.07. The lowest BCUT2D eigenvalue weighted by Crippen LogP contribution is -2.57. The topological polar surface area (TPSA) is 277 Å². The van der Waals surface area contributed by atoms with Gasteiger partial charge in [0.15, 0.2) is 0 Å². The third-order valence-corrected chi connectivity index (χ3v) is 5.16. The summed E-state index contributed by atoms with van der Waals surface area (Å²) in [6.07, 6.45) is 0.619. The Hall–Kier alpha value is -3.30. The molecule has 0 saturated heterocycles. The average Bonchev–Trinajstić information content (AvgIpc) is 2.80. The fourth-order valence-corrected chi connectivity index (χ4v) is 3.13. The van der Waals surface area contributed by atoms with Crippen molar-refractivity contribution in [3.05, 3.63) is 0 Å². The van der Waals surface area contributed by atoms with Crippen molar-refractivity contribution in [3.63, 3.8) is 0 Å². The molecule has 0 rings (SSSR count). The number of rotatable bonds is 20. The molecule has 0 aromatic rings. The molecule has 0 aromatic heterocycles. The molecule has 4 unspecified atom stereocenters. The molecule has 206 valence electrons. The van der Waals surface area contributed by atoms with E-state index >= 15 is 0 Å². The average molecular weight is 519 g/mol. The molecule has 36 heavy (non-hydrogen) atoms. The lowest BCUT2D eigenvalue weighted by molar-refractivity contribution is -0.143. The molecule has 12 N–H and O–H groups in total. The molecule has 0 aliphatic rings. The minimum Gasteiger partial charge on any atom is -0.481 e. The molecule has 15 heteroatoms. The first-order chi connectivity index (χ1) is 16.9. The number of hydrogen-bond acceptors (Lipinski definition) is 9. The predicted molar refractivity (Wildman–Crippen MR) is 126 cm³/mol. The molecule has 0 aliphatic heterocycles. The highest BCUT2D eigenvalue weighted by atomic mass is 16.4. The number of nitrogens with two attached hydrogens (primary N) is 3. The van der Waals surface area contributed by atoms with Crippen molar-refractivity contribution in [1.29, 1.82) is 0 Å². The van der Waals surface area contributed by atoms with E-state index in [0.29, 0.717) is 38.8 Å². The van der Waals surface area contributed by atoms with E-state index in [4.69, 9.17) is 27.4 Å². The Bertz CT molecular complexity index is 764. The fourth-order valence-electron chi connectivity index (χ4n) is 3.13. The molecular weight excluding hydrogens is 480 g/mol. The van der Waals surface area contributed by atoms with Gasteiger partial charge in [0.25, 0.3) is 0 Å². The van der Waals surface area contributed by atoms with Gasteiger partial charge in [-0.15, -0.1) is 0 Å². The summed E-state index contributed by atoms with van der Waals surface area (Å²) in [5.41, 5.74) is 16.5. The number of amides is 3. The van der Waals surface area contributed by atoms with Gasteiger partial charge in [-0.2, -0.15) is 0 Å². The van der Waals surface area contributed by atoms with Crippen LogP contribution in [0.15, 0.2) is 0 Å². The molecular formula is C21H38N6O9. The van der Waals surface area contributed by atoms with Crippen molar-refractivity contribution in [2.45, 2.75) is 82.0 Å². The number of carbonyl (C=O) groups excluding carboxylic acids is 3. The third-order valence-electron chi connectivity index (χ3n) is 5.16. The third kappa shape index (κ3) is 14.2. The van der Waals surface area contributed by atoms with E-state index in [1.165, 1.54) is 0 Å². The number of carboxylic acids is 3. The van der Waals surface area contributed by atoms with Crippen LogP contribution in [0, 0.1) is 0 Å². The van der Waals surface area contributed by atoms with Gasteiger partial charge in [-0.1, -0.05) is 0 Å². The smallest absolute Gasteiger partial charge is 0.326 e. The van der Waals surface area contributed by atoms with E-state index in [1.807, 2.05) is 0 Å². The van der Waals surface area contributed by atoms with E-state index in [9.17, 15) is 33.9 Å². The van der Waals surface area contributed by atoms with Crippen molar-refractivity contribution in [1.82, 2.24) is 16.0 Å². The van der Waals surface area contributed by atoms with Crippen LogP contribution in [-0.4, -0.2) is 88.2 Å². The Morgan fingerprint density at radius 3 is 1.56 bits per heavy atom. The van der Waals surface area contributed by atoms with Gasteiger partial charge in [0, 0.05) is 6.42 Å². The normalized spacial score (nSPS) is 14.1. The van der Waals surface area contributed by atoms with E-state index in [-0.39, 0.29) is 19.3 Å². The van der Waals surface area contributed by atoms with Crippen LogP contribution in [0.25, 0.3) is 0 Å². The van der Waals surface area contributed by atoms with Crippen LogP contribution >= 0.6 is 0 Å². The van der Waals surface area contributed by atoms with Gasteiger partial charge in [-0.05, 0) is 58.0 Å². The Morgan fingerprint density at radius 1 is 0.611 bits per heavy atom. The maximum Gasteiger partial charge on any atom is 0.326 e. The zero-order valence-electron chi connectivity index (χ0n) is 20.1. The van der Waals surface area contributed by atoms with Crippen LogP contribution in [0.5, 0.6) is 0 Å². The van der Waals surface area contributed by atoms with Gasteiger partial charge in [0.2, 0.25) is 17.7 Å². The number of unbranched alkanes of at least 4 members (excludes halogenated alkanes) is 2. The first-order valence-electron chi connectivity index (χ1n) is 11.7. The maximum atomic E-state index is 12.8. The summed E-state index contributed by atoms with van der Waals surface area (Å²) in [5.74, 6) is -6.61. The summed E-state index contributed by atoms with van der Waals surface area (Å²) in [7, 11) is 0. The quantitative estimate of drug-likeness (QED) is 0.0753. The molecule has 0 spiro atoms. The highest BCUT2D eigenvalue weighted by molar-refractivity contribution is 5.95. The van der Waals surface area contributed by atoms with Gasteiger partial charge in [-0.25, -0.2) is 4.79 Å². The van der Waals surface area contributed by atoms with Gasteiger partial charge in [0.1, 0.15) is 18.1 Å². The van der Waals surface area contributed by atoms with Crippen LogP contribution in [0.3, 0.4) is 0 Å². The molecule has 0 heterocycles. The molecule has 0 aromatic carbocycles. The molecule has 0 fully saturated rings. The second kappa shape index (κ2) is 18.0. The first-order valence-corrected chi connectivity index (χ1v) is 11.7. The van der Waals surface area contributed by atoms with Gasteiger partial charge in [-0.3, -0.25) is 24.0 Å². The molecule has 0 radical (unpaired) electrons. The molecule has 15 nitrogen and oxygen atoms in total. The number of nitrogens with one attached hydrogen (secondary N) is 3. The van der Waals surface area contributed by atoms with Crippen LogP contribution in [0.2, 0.25) is 0 Å². The summed E-state index contributed by atoms with van der Waals surface area (Å²) in [6.45, 7) is 0.666.